The number of benzene rings is 1. The van der Waals surface area contributed by atoms with Crippen LogP contribution in [0.4, 0.5) is 0 Å². The topological polar surface area (TPSA) is 64.4 Å². The summed E-state index contributed by atoms with van der Waals surface area (Å²) in [6.45, 7) is 13.6. The van der Waals surface area contributed by atoms with Crippen molar-refractivity contribution in [3.05, 3.63) is 46.8 Å². The third-order valence-corrected chi connectivity index (χ3v) is 5.83. The summed E-state index contributed by atoms with van der Waals surface area (Å²) >= 11 is 0. The lowest BCUT2D eigenvalue weighted by molar-refractivity contribution is -0.149. The summed E-state index contributed by atoms with van der Waals surface area (Å²) in [5, 5.41) is 4.92. The highest BCUT2D eigenvalue weighted by atomic mass is 16.5. The van der Waals surface area contributed by atoms with Crippen molar-refractivity contribution in [2.75, 3.05) is 19.7 Å². The summed E-state index contributed by atoms with van der Waals surface area (Å²) < 4.78 is 7.16. The molecule has 0 saturated carbocycles. The van der Waals surface area contributed by atoms with E-state index in [0.717, 1.165) is 35.5 Å². The number of nitrogens with zero attached hydrogens (tertiary/aromatic N) is 3. The second-order valence-corrected chi connectivity index (χ2v) is 9.05. The van der Waals surface area contributed by atoms with Crippen LogP contribution in [0.5, 0.6) is 0 Å². The van der Waals surface area contributed by atoms with Crippen molar-refractivity contribution in [3.63, 3.8) is 0 Å². The van der Waals surface area contributed by atoms with E-state index in [1.54, 1.807) is 0 Å². The number of ether oxygens (including phenoxy) is 1. The van der Waals surface area contributed by atoms with E-state index < -0.39 is 0 Å². The second-order valence-electron chi connectivity index (χ2n) is 9.05. The Morgan fingerprint density at radius 3 is 2.55 bits per heavy atom. The Kier molecular flexibility index (Phi) is 7.19. The van der Waals surface area contributed by atoms with Gasteiger partial charge in [-0.3, -0.25) is 9.59 Å². The van der Waals surface area contributed by atoms with E-state index in [-0.39, 0.29) is 29.6 Å². The standard InChI is InChI=1S/C25H35N3O3/c1-7-31-25(30)19-11-9-13-27(15-19)24(29)21-22(16(2)3)26-28(23(21)17(4)5)20-12-8-10-18(6)14-20/h8,10,12,14,16-17,19H,7,9,11,13,15H2,1-6H3. The molecule has 31 heavy (non-hydrogen) atoms. The summed E-state index contributed by atoms with van der Waals surface area (Å²) in [5.74, 6) is -0.267. The molecule has 1 amide bonds. The number of esters is 1. The van der Waals surface area contributed by atoms with Crippen LogP contribution >= 0.6 is 0 Å². The lowest BCUT2D eigenvalue weighted by Gasteiger charge is -2.32. The molecule has 1 unspecified atom stereocenters. The molecule has 0 aliphatic carbocycles. The molecule has 168 valence electrons. The minimum absolute atomic E-state index is 0.0275. The van der Waals surface area contributed by atoms with E-state index in [1.807, 2.05) is 28.6 Å². The smallest absolute Gasteiger partial charge is 0.310 e. The molecular weight excluding hydrogens is 390 g/mol. The lowest BCUT2D eigenvalue weighted by atomic mass is 9.94. The molecule has 1 saturated heterocycles. The molecule has 2 aromatic rings. The van der Waals surface area contributed by atoms with E-state index in [2.05, 4.69) is 46.8 Å². The van der Waals surface area contributed by atoms with Crippen LogP contribution in [-0.4, -0.2) is 46.3 Å². The molecule has 6 heteroatoms. The van der Waals surface area contributed by atoms with Gasteiger partial charge in [-0.25, -0.2) is 4.68 Å². The van der Waals surface area contributed by atoms with Gasteiger partial charge in [0, 0.05) is 13.1 Å². The molecule has 1 atom stereocenters. The summed E-state index contributed by atoms with van der Waals surface area (Å²) in [4.78, 5) is 27.9. The quantitative estimate of drug-likeness (QED) is 0.621. The molecule has 1 aromatic heterocycles. The molecule has 2 heterocycles. The lowest BCUT2D eigenvalue weighted by Crippen LogP contribution is -2.43. The first-order valence-electron chi connectivity index (χ1n) is 11.4. The van der Waals surface area contributed by atoms with Gasteiger partial charge in [0.1, 0.15) is 0 Å². The van der Waals surface area contributed by atoms with Crippen molar-refractivity contribution < 1.29 is 14.3 Å². The minimum Gasteiger partial charge on any atom is -0.466 e. The van der Waals surface area contributed by atoms with Crippen molar-refractivity contribution in [2.45, 2.75) is 66.2 Å². The van der Waals surface area contributed by atoms with Crippen LogP contribution in [0.1, 0.15) is 86.6 Å². The first-order valence-corrected chi connectivity index (χ1v) is 11.4. The van der Waals surface area contributed by atoms with Gasteiger partial charge >= 0.3 is 5.97 Å². The zero-order valence-electron chi connectivity index (χ0n) is 19.6. The largest absolute Gasteiger partial charge is 0.466 e. The highest BCUT2D eigenvalue weighted by molar-refractivity contribution is 5.97. The molecule has 0 spiro atoms. The van der Waals surface area contributed by atoms with Crippen molar-refractivity contribution in [1.82, 2.24) is 14.7 Å². The maximum atomic E-state index is 13.8. The zero-order chi connectivity index (χ0) is 22.7. The molecule has 1 aromatic carbocycles. The summed E-state index contributed by atoms with van der Waals surface area (Å²) in [6.07, 6.45) is 1.56. The monoisotopic (exact) mass is 425 g/mol. The van der Waals surface area contributed by atoms with Crippen molar-refractivity contribution >= 4 is 11.9 Å². The molecule has 1 aliphatic rings. The average molecular weight is 426 g/mol. The molecule has 6 nitrogen and oxygen atoms in total. The van der Waals surface area contributed by atoms with Gasteiger partial charge in [0.25, 0.3) is 5.91 Å². The van der Waals surface area contributed by atoms with Crippen LogP contribution in [0.2, 0.25) is 0 Å². The number of carbonyl (C=O) groups excluding carboxylic acids is 2. The first kappa shape index (κ1) is 23.0. The Labute approximate surface area is 185 Å². The number of rotatable bonds is 6. The number of aryl methyl sites for hydroxylation is 1. The van der Waals surface area contributed by atoms with E-state index in [4.69, 9.17) is 9.84 Å². The second kappa shape index (κ2) is 9.67. The molecule has 1 fully saturated rings. The van der Waals surface area contributed by atoms with Gasteiger partial charge in [0.05, 0.1) is 35.2 Å². The Morgan fingerprint density at radius 1 is 1.19 bits per heavy atom. The van der Waals surface area contributed by atoms with Crippen molar-refractivity contribution in [2.24, 2.45) is 5.92 Å². The highest BCUT2D eigenvalue weighted by Crippen LogP contribution is 2.32. The average Bonchev–Trinajstić information content (AvgIpc) is 3.15. The number of piperidine rings is 1. The Balaban J connectivity index is 2.05. The van der Waals surface area contributed by atoms with E-state index in [0.29, 0.717) is 25.3 Å². The highest BCUT2D eigenvalue weighted by Gasteiger charge is 2.34. The van der Waals surface area contributed by atoms with E-state index in [1.165, 1.54) is 0 Å². The van der Waals surface area contributed by atoms with Crippen molar-refractivity contribution in [1.29, 1.82) is 0 Å². The van der Waals surface area contributed by atoms with Crippen molar-refractivity contribution in [3.8, 4) is 5.69 Å². The fourth-order valence-corrected chi connectivity index (χ4v) is 4.33. The number of hydrogen-bond donors (Lipinski definition) is 0. The van der Waals surface area contributed by atoms with Crippen LogP contribution in [0.3, 0.4) is 0 Å². The fourth-order valence-electron chi connectivity index (χ4n) is 4.33. The van der Waals surface area contributed by atoms with Gasteiger partial charge in [-0.1, -0.05) is 39.8 Å². The number of hydrogen-bond acceptors (Lipinski definition) is 4. The van der Waals surface area contributed by atoms with Crippen LogP contribution < -0.4 is 0 Å². The van der Waals surface area contributed by atoms with Gasteiger partial charge in [0.2, 0.25) is 0 Å². The SMILES string of the molecule is CCOC(=O)C1CCCN(C(=O)c2c(C(C)C)nn(-c3cccc(C)c3)c2C(C)C)C1. The third-order valence-electron chi connectivity index (χ3n) is 5.83. The molecule has 3 rings (SSSR count). The van der Waals surface area contributed by atoms with Crippen LogP contribution in [-0.2, 0) is 9.53 Å². The summed E-state index contributed by atoms with van der Waals surface area (Å²) in [5.41, 5.74) is 4.55. The number of amides is 1. The van der Waals surface area contributed by atoms with Gasteiger partial charge in [-0.05, 0) is 56.2 Å². The summed E-state index contributed by atoms with van der Waals surface area (Å²) in [7, 11) is 0. The predicted molar refractivity (Wildman–Crippen MR) is 122 cm³/mol. The summed E-state index contributed by atoms with van der Waals surface area (Å²) in [6, 6.07) is 8.19. The fraction of sp³-hybridized carbons (Fsp3) is 0.560. The Bertz CT molecular complexity index is 945. The van der Waals surface area contributed by atoms with Gasteiger partial charge in [-0.2, -0.15) is 5.10 Å². The normalized spacial score (nSPS) is 16.8. The molecule has 0 N–H and O–H groups in total. The van der Waals surface area contributed by atoms with Crippen LogP contribution in [0.15, 0.2) is 24.3 Å². The predicted octanol–water partition coefficient (Wildman–Crippen LogP) is 4.84. The van der Waals surface area contributed by atoms with E-state index >= 15 is 0 Å². The maximum absolute atomic E-state index is 13.8. The minimum atomic E-state index is -0.255. The van der Waals surface area contributed by atoms with Gasteiger partial charge in [-0.15, -0.1) is 0 Å². The number of aromatic nitrogens is 2. The van der Waals surface area contributed by atoms with Crippen LogP contribution in [0.25, 0.3) is 5.69 Å². The number of likely N-dealkylation sites (tertiary alicyclic amines) is 1. The third kappa shape index (κ3) is 4.83. The molecule has 0 radical (unpaired) electrons. The molecular formula is C25H35N3O3. The van der Waals surface area contributed by atoms with Gasteiger partial charge in [0.15, 0.2) is 0 Å². The first-order chi connectivity index (χ1) is 14.7. The Hall–Kier alpha value is -2.63. The molecule has 1 aliphatic heterocycles. The Morgan fingerprint density at radius 2 is 1.94 bits per heavy atom. The van der Waals surface area contributed by atoms with Crippen LogP contribution in [0, 0.1) is 12.8 Å². The zero-order valence-corrected chi connectivity index (χ0v) is 19.6. The number of carbonyl (C=O) groups is 2. The molecule has 0 bridgehead atoms. The van der Waals surface area contributed by atoms with E-state index in [9.17, 15) is 9.59 Å². The van der Waals surface area contributed by atoms with Gasteiger partial charge < -0.3 is 9.64 Å². The maximum Gasteiger partial charge on any atom is 0.310 e.